The number of fused-ring (bicyclic) bond motifs is 1. The number of rotatable bonds is 5. The van der Waals surface area contributed by atoms with Crippen LogP contribution in [-0.4, -0.2) is 53.1 Å². The summed E-state index contributed by atoms with van der Waals surface area (Å²) in [5.41, 5.74) is 5.47. The van der Waals surface area contributed by atoms with Crippen LogP contribution in [0.3, 0.4) is 0 Å². The van der Waals surface area contributed by atoms with Gasteiger partial charge in [-0.2, -0.15) is 5.26 Å². The first-order valence-corrected chi connectivity index (χ1v) is 12.7. The highest BCUT2D eigenvalue weighted by atomic mass is 16.6. The van der Waals surface area contributed by atoms with Crippen LogP contribution >= 0.6 is 0 Å². The normalized spacial score (nSPS) is 45.9. The molecule has 8 atom stereocenters. The van der Waals surface area contributed by atoms with E-state index in [0.717, 1.165) is 70.6 Å². The standard InChI is InChI=1S/C25H36N4O3/c1-28-25(4-2-3-5-25)22(31)32-24-11-15-6-16(12-24)10-23(9-15,14-24)20(27)21(30)29-18(13-26)7-17-8-19(17)29/h15-20,28H,2-12,14,27H2,1H3/t15-,16?,17?,18-,19?,20+,23?,24?/m0/s1. The predicted octanol–water partition coefficient (Wildman–Crippen LogP) is 2.24. The zero-order valence-electron chi connectivity index (χ0n) is 19.1. The Labute approximate surface area is 190 Å². The van der Waals surface area contributed by atoms with E-state index in [2.05, 4.69) is 11.4 Å². The number of hydrogen-bond donors (Lipinski definition) is 2. The molecule has 174 valence electrons. The van der Waals surface area contributed by atoms with Crippen LogP contribution in [-0.2, 0) is 14.3 Å². The number of nitriles is 1. The van der Waals surface area contributed by atoms with E-state index in [1.807, 2.05) is 11.9 Å². The van der Waals surface area contributed by atoms with E-state index in [1.54, 1.807) is 0 Å². The molecule has 7 nitrogen and oxygen atoms in total. The molecule has 0 aromatic heterocycles. The fourth-order valence-corrected chi connectivity index (χ4v) is 8.87. The van der Waals surface area contributed by atoms with Gasteiger partial charge < -0.3 is 20.7 Å². The van der Waals surface area contributed by atoms with Gasteiger partial charge in [0, 0.05) is 6.04 Å². The average molecular weight is 441 g/mol. The maximum absolute atomic E-state index is 13.6. The second kappa shape index (κ2) is 6.93. The summed E-state index contributed by atoms with van der Waals surface area (Å²) in [4.78, 5) is 28.9. The number of piperidine rings is 1. The smallest absolute Gasteiger partial charge is 0.326 e. The van der Waals surface area contributed by atoms with Crippen LogP contribution in [0.1, 0.15) is 77.0 Å². The molecule has 6 saturated carbocycles. The maximum atomic E-state index is 13.6. The second-order valence-electron chi connectivity index (χ2n) is 12.1. The molecule has 0 aromatic carbocycles. The molecule has 5 unspecified atom stereocenters. The summed E-state index contributed by atoms with van der Waals surface area (Å²) in [6, 6.07) is 1.62. The van der Waals surface area contributed by atoms with Crippen LogP contribution < -0.4 is 11.1 Å². The molecule has 1 amide bonds. The molecule has 4 bridgehead atoms. The Morgan fingerprint density at radius 3 is 2.44 bits per heavy atom. The molecule has 1 saturated heterocycles. The fourth-order valence-electron chi connectivity index (χ4n) is 8.87. The van der Waals surface area contributed by atoms with Crippen molar-refractivity contribution in [3.8, 4) is 6.07 Å². The maximum Gasteiger partial charge on any atom is 0.326 e. The van der Waals surface area contributed by atoms with Gasteiger partial charge in [0.2, 0.25) is 5.91 Å². The van der Waals surface area contributed by atoms with Crippen LogP contribution in [0.15, 0.2) is 0 Å². The van der Waals surface area contributed by atoms with Crippen molar-refractivity contribution < 1.29 is 14.3 Å². The molecule has 6 aliphatic carbocycles. The van der Waals surface area contributed by atoms with Gasteiger partial charge in [0.05, 0.1) is 12.1 Å². The van der Waals surface area contributed by atoms with Gasteiger partial charge in [-0.1, -0.05) is 12.8 Å². The van der Waals surface area contributed by atoms with Gasteiger partial charge in [0.25, 0.3) is 0 Å². The van der Waals surface area contributed by atoms with Gasteiger partial charge in [-0.15, -0.1) is 0 Å². The summed E-state index contributed by atoms with van der Waals surface area (Å²) in [5.74, 6) is 1.29. The van der Waals surface area contributed by atoms with Crippen molar-refractivity contribution in [1.29, 1.82) is 5.26 Å². The summed E-state index contributed by atoms with van der Waals surface area (Å²) in [6.07, 6.45) is 11.2. The SMILES string of the molecule is CNC1(C(=O)OC23CC4C[C@H](C2)CC([C@H](N)C(=O)N2C5CC5C[C@H]2C#N)(C4)C3)CCCC1. The first-order chi connectivity index (χ1) is 15.3. The largest absolute Gasteiger partial charge is 0.458 e. The summed E-state index contributed by atoms with van der Waals surface area (Å²) in [5, 5.41) is 12.9. The van der Waals surface area contributed by atoms with E-state index in [0.29, 0.717) is 24.2 Å². The van der Waals surface area contributed by atoms with Crippen molar-refractivity contribution in [3.63, 3.8) is 0 Å². The van der Waals surface area contributed by atoms with Crippen molar-refractivity contribution in [1.82, 2.24) is 10.2 Å². The van der Waals surface area contributed by atoms with Crippen LogP contribution in [0.4, 0.5) is 0 Å². The molecule has 0 spiro atoms. The third-order valence-electron chi connectivity index (χ3n) is 10.1. The summed E-state index contributed by atoms with van der Waals surface area (Å²) in [7, 11) is 1.87. The number of amides is 1. The minimum atomic E-state index is -0.605. The fraction of sp³-hybridized carbons (Fsp3) is 0.880. The number of likely N-dealkylation sites (N-methyl/N-ethyl adjacent to an activating group) is 1. The van der Waals surface area contributed by atoms with Crippen LogP contribution in [0.5, 0.6) is 0 Å². The minimum absolute atomic E-state index is 0.0348. The first-order valence-electron chi connectivity index (χ1n) is 12.7. The molecule has 7 heteroatoms. The number of hydrogen-bond acceptors (Lipinski definition) is 6. The van der Waals surface area contributed by atoms with E-state index in [9.17, 15) is 14.9 Å². The highest BCUT2D eigenvalue weighted by Gasteiger charge is 2.64. The molecule has 7 aliphatic rings. The van der Waals surface area contributed by atoms with Crippen molar-refractivity contribution in [3.05, 3.63) is 0 Å². The third kappa shape index (κ3) is 2.91. The number of likely N-dealkylation sites (tertiary alicyclic amines) is 1. The quantitative estimate of drug-likeness (QED) is 0.635. The molecule has 32 heavy (non-hydrogen) atoms. The zero-order chi connectivity index (χ0) is 22.3. The van der Waals surface area contributed by atoms with E-state index in [1.165, 1.54) is 0 Å². The zero-order valence-corrected chi connectivity index (χ0v) is 19.1. The topological polar surface area (TPSA) is 108 Å². The molecular formula is C25H36N4O3. The summed E-state index contributed by atoms with van der Waals surface area (Å²) < 4.78 is 6.45. The third-order valence-corrected chi connectivity index (χ3v) is 10.1. The number of carbonyl (C=O) groups is 2. The van der Waals surface area contributed by atoms with E-state index in [-0.39, 0.29) is 29.4 Å². The second-order valence-corrected chi connectivity index (χ2v) is 12.1. The lowest BCUT2D eigenvalue weighted by atomic mass is 9.46. The monoisotopic (exact) mass is 440 g/mol. The number of nitrogens with one attached hydrogen (secondary N) is 1. The van der Waals surface area contributed by atoms with Crippen molar-refractivity contribution in [2.24, 2.45) is 28.9 Å². The average Bonchev–Trinajstić information content (AvgIpc) is 3.19. The van der Waals surface area contributed by atoms with Crippen LogP contribution in [0.2, 0.25) is 0 Å². The molecule has 0 radical (unpaired) electrons. The number of esters is 1. The predicted molar refractivity (Wildman–Crippen MR) is 117 cm³/mol. The molecule has 1 heterocycles. The Kier molecular flexibility index (Phi) is 4.53. The Balaban J connectivity index is 1.25. The van der Waals surface area contributed by atoms with Gasteiger partial charge in [-0.25, -0.2) is 0 Å². The molecule has 0 aromatic rings. The van der Waals surface area contributed by atoms with Crippen molar-refractivity contribution >= 4 is 11.9 Å². The number of ether oxygens (including phenoxy) is 1. The summed E-state index contributed by atoms with van der Waals surface area (Å²) >= 11 is 0. The van der Waals surface area contributed by atoms with Gasteiger partial charge >= 0.3 is 5.97 Å². The Hall–Kier alpha value is -1.65. The van der Waals surface area contributed by atoms with Gasteiger partial charge in [-0.3, -0.25) is 9.59 Å². The van der Waals surface area contributed by atoms with Gasteiger partial charge in [-0.05, 0) is 94.4 Å². The van der Waals surface area contributed by atoms with E-state index < -0.39 is 17.2 Å². The van der Waals surface area contributed by atoms with Crippen molar-refractivity contribution in [2.75, 3.05) is 7.05 Å². The van der Waals surface area contributed by atoms with Gasteiger partial charge in [0.15, 0.2) is 0 Å². The number of carbonyl (C=O) groups excluding carboxylic acids is 2. The van der Waals surface area contributed by atoms with Crippen LogP contribution in [0, 0.1) is 34.5 Å². The summed E-state index contributed by atoms with van der Waals surface area (Å²) in [6.45, 7) is 0. The van der Waals surface area contributed by atoms with E-state index in [4.69, 9.17) is 10.5 Å². The molecule has 3 N–H and O–H groups in total. The molecule has 1 aliphatic heterocycles. The Morgan fingerprint density at radius 2 is 1.81 bits per heavy atom. The first kappa shape index (κ1) is 20.9. The van der Waals surface area contributed by atoms with Gasteiger partial charge in [0.1, 0.15) is 17.2 Å². The van der Waals surface area contributed by atoms with Crippen molar-refractivity contribution in [2.45, 2.75) is 106 Å². The lowest BCUT2D eigenvalue weighted by Crippen LogP contribution is -2.66. The Morgan fingerprint density at radius 1 is 1.12 bits per heavy atom. The van der Waals surface area contributed by atoms with Crippen LogP contribution in [0.25, 0.3) is 0 Å². The number of nitrogens with two attached hydrogens (primary N) is 1. The lowest BCUT2D eigenvalue weighted by Gasteiger charge is -2.62. The molecular weight excluding hydrogens is 404 g/mol. The highest BCUT2D eigenvalue weighted by molar-refractivity contribution is 5.85. The van der Waals surface area contributed by atoms with E-state index >= 15 is 0 Å². The lowest BCUT2D eigenvalue weighted by molar-refractivity contribution is -0.211. The molecule has 7 fully saturated rings. The minimum Gasteiger partial charge on any atom is -0.458 e. The highest BCUT2D eigenvalue weighted by Crippen LogP contribution is 2.64. The number of nitrogens with zero attached hydrogens (tertiary/aromatic N) is 2. The Bertz CT molecular complexity index is 861. The molecule has 7 rings (SSSR count).